The van der Waals surface area contributed by atoms with Crippen molar-refractivity contribution >= 4 is 5.97 Å². The second-order valence-electron chi connectivity index (χ2n) is 6.51. The van der Waals surface area contributed by atoms with Crippen molar-refractivity contribution < 1.29 is 9.53 Å². The topological polar surface area (TPSA) is 26.3 Å². The molecule has 2 nitrogen and oxygen atoms in total. The summed E-state index contributed by atoms with van der Waals surface area (Å²) in [6, 6.07) is 2.31. The molecular weight excluding hydrogens is 296 g/mol. The van der Waals surface area contributed by atoms with Crippen LogP contribution < -0.4 is 0 Å². The maximum atomic E-state index is 12.7. The van der Waals surface area contributed by atoms with Gasteiger partial charge in [-0.15, -0.1) is 0 Å². The number of carbonyl (C=O) groups excluding carboxylic acids is 1. The van der Waals surface area contributed by atoms with E-state index in [1.807, 2.05) is 6.92 Å². The Labute approximate surface area is 147 Å². The van der Waals surface area contributed by atoms with Gasteiger partial charge in [0.05, 0.1) is 12.2 Å². The van der Waals surface area contributed by atoms with Crippen LogP contribution in [0, 0.1) is 11.8 Å². The monoisotopic (exact) mass is 326 g/mol. The molecule has 0 amide bonds. The van der Waals surface area contributed by atoms with Gasteiger partial charge in [0.15, 0.2) is 0 Å². The van der Waals surface area contributed by atoms with Gasteiger partial charge in [0.2, 0.25) is 0 Å². The van der Waals surface area contributed by atoms with Crippen LogP contribution >= 0.6 is 0 Å². The standard InChI is InChI=1S/C22H30O2/c1-4-7-9-10-14-19-17(12-8-5-2)16-18-13-11-15-20(18)21(19)22(23)24-6-3/h16H,4-9,11-13,15H2,1-3H3. The molecule has 1 aromatic carbocycles. The van der Waals surface area contributed by atoms with Crippen LogP contribution in [0.25, 0.3) is 0 Å². The van der Waals surface area contributed by atoms with Crippen molar-refractivity contribution in [3.63, 3.8) is 0 Å². The molecule has 0 heterocycles. The Kier molecular flexibility index (Phi) is 7.37. The van der Waals surface area contributed by atoms with Crippen LogP contribution in [0.2, 0.25) is 0 Å². The fourth-order valence-corrected chi connectivity index (χ4v) is 3.36. The van der Waals surface area contributed by atoms with Crippen LogP contribution in [0.1, 0.15) is 91.9 Å². The average molecular weight is 326 g/mol. The average Bonchev–Trinajstić information content (AvgIpc) is 3.04. The van der Waals surface area contributed by atoms with Crippen LogP contribution in [0.5, 0.6) is 0 Å². The maximum absolute atomic E-state index is 12.7. The third kappa shape index (κ3) is 4.41. The normalized spacial score (nSPS) is 12.5. The summed E-state index contributed by atoms with van der Waals surface area (Å²) in [7, 11) is 0. The van der Waals surface area contributed by atoms with E-state index >= 15 is 0 Å². The molecule has 0 saturated carbocycles. The lowest BCUT2D eigenvalue weighted by molar-refractivity contribution is 0.0524. The highest BCUT2D eigenvalue weighted by Crippen LogP contribution is 2.31. The summed E-state index contributed by atoms with van der Waals surface area (Å²) in [6.45, 7) is 6.65. The maximum Gasteiger partial charge on any atom is 0.339 e. The molecule has 0 atom stereocenters. The molecular formula is C22H30O2. The summed E-state index contributed by atoms with van der Waals surface area (Å²) in [6.07, 6.45) is 9.59. The third-order valence-corrected chi connectivity index (χ3v) is 4.63. The molecule has 130 valence electrons. The number of benzene rings is 1. The van der Waals surface area contributed by atoms with E-state index in [0.29, 0.717) is 6.61 Å². The number of aryl methyl sites for hydroxylation is 2. The van der Waals surface area contributed by atoms with Crippen molar-refractivity contribution in [2.75, 3.05) is 6.61 Å². The van der Waals surface area contributed by atoms with Gasteiger partial charge in [-0.25, -0.2) is 4.79 Å². The first kappa shape index (κ1) is 18.6. The molecule has 0 fully saturated rings. The van der Waals surface area contributed by atoms with Gasteiger partial charge in [0.1, 0.15) is 0 Å². The van der Waals surface area contributed by atoms with Gasteiger partial charge in [-0.1, -0.05) is 44.6 Å². The SMILES string of the molecule is CCCCC#Cc1c(CCCC)cc2c(c1C(=O)OCC)CCC2. The molecule has 0 aromatic heterocycles. The third-order valence-electron chi connectivity index (χ3n) is 4.63. The highest BCUT2D eigenvalue weighted by atomic mass is 16.5. The molecule has 24 heavy (non-hydrogen) atoms. The van der Waals surface area contributed by atoms with Crippen molar-refractivity contribution in [1.29, 1.82) is 0 Å². The molecule has 0 aliphatic heterocycles. The lowest BCUT2D eigenvalue weighted by atomic mass is 9.90. The van der Waals surface area contributed by atoms with E-state index in [1.54, 1.807) is 0 Å². The highest BCUT2D eigenvalue weighted by molar-refractivity contribution is 5.95. The Morgan fingerprint density at radius 1 is 1.17 bits per heavy atom. The Hall–Kier alpha value is -1.75. The fraction of sp³-hybridized carbons (Fsp3) is 0.591. The first-order valence-corrected chi connectivity index (χ1v) is 9.56. The predicted octanol–water partition coefficient (Wildman–Crippen LogP) is 5.24. The molecule has 0 spiro atoms. The number of hydrogen-bond acceptors (Lipinski definition) is 2. The van der Waals surface area contributed by atoms with Crippen molar-refractivity contribution in [2.24, 2.45) is 0 Å². The minimum absolute atomic E-state index is 0.186. The molecule has 2 heteroatoms. The molecule has 0 radical (unpaired) electrons. The number of fused-ring (bicyclic) bond motifs is 1. The first-order valence-electron chi connectivity index (χ1n) is 9.56. The molecule has 1 aliphatic carbocycles. The molecule has 0 unspecified atom stereocenters. The Bertz CT molecular complexity index is 632. The lowest BCUT2D eigenvalue weighted by Crippen LogP contribution is -2.13. The summed E-state index contributed by atoms with van der Waals surface area (Å²) in [5, 5.41) is 0. The lowest BCUT2D eigenvalue weighted by Gasteiger charge is -2.15. The summed E-state index contributed by atoms with van der Waals surface area (Å²) >= 11 is 0. The number of unbranched alkanes of at least 4 members (excludes halogenated alkanes) is 3. The van der Waals surface area contributed by atoms with E-state index in [9.17, 15) is 4.79 Å². The summed E-state index contributed by atoms with van der Waals surface area (Å²) in [4.78, 5) is 12.7. The number of ether oxygens (including phenoxy) is 1. The summed E-state index contributed by atoms with van der Waals surface area (Å²) in [5.41, 5.74) is 5.47. The zero-order chi connectivity index (χ0) is 17.4. The zero-order valence-electron chi connectivity index (χ0n) is 15.5. The predicted molar refractivity (Wildman–Crippen MR) is 99.4 cm³/mol. The fourth-order valence-electron chi connectivity index (χ4n) is 3.36. The van der Waals surface area contributed by atoms with E-state index in [4.69, 9.17) is 4.74 Å². The van der Waals surface area contributed by atoms with Crippen LogP contribution in [-0.2, 0) is 24.0 Å². The second-order valence-corrected chi connectivity index (χ2v) is 6.51. The van der Waals surface area contributed by atoms with Crippen molar-refractivity contribution in [3.05, 3.63) is 33.9 Å². The van der Waals surface area contributed by atoms with E-state index in [1.165, 1.54) is 16.7 Å². The summed E-state index contributed by atoms with van der Waals surface area (Å²) < 4.78 is 5.37. The van der Waals surface area contributed by atoms with E-state index in [-0.39, 0.29) is 5.97 Å². The number of hydrogen-bond donors (Lipinski definition) is 0. The van der Waals surface area contributed by atoms with Gasteiger partial charge in [0, 0.05) is 12.0 Å². The zero-order valence-corrected chi connectivity index (χ0v) is 15.5. The van der Waals surface area contributed by atoms with Crippen LogP contribution in [0.3, 0.4) is 0 Å². The highest BCUT2D eigenvalue weighted by Gasteiger charge is 2.25. The molecule has 0 bridgehead atoms. The molecule has 1 aliphatic rings. The Balaban J connectivity index is 2.51. The van der Waals surface area contributed by atoms with E-state index in [2.05, 4.69) is 31.8 Å². The molecule has 2 rings (SSSR count). The van der Waals surface area contributed by atoms with Gasteiger partial charge in [-0.3, -0.25) is 0 Å². The largest absolute Gasteiger partial charge is 0.462 e. The Morgan fingerprint density at radius 2 is 1.96 bits per heavy atom. The van der Waals surface area contributed by atoms with Crippen LogP contribution in [0.15, 0.2) is 6.07 Å². The van der Waals surface area contributed by atoms with Gasteiger partial charge >= 0.3 is 5.97 Å². The summed E-state index contributed by atoms with van der Waals surface area (Å²) in [5.74, 6) is 6.45. The molecule has 1 aromatic rings. The van der Waals surface area contributed by atoms with Gasteiger partial charge in [-0.2, -0.15) is 0 Å². The second kappa shape index (κ2) is 9.52. The Morgan fingerprint density at radius 3 is 2.67 bits per heavy atom. The van der Waals surface area contributed by atoms with Crippen molar-refractivity contribution in [3.8, 4) is 11.8 Å². The first-order chi connectivity index (χ1) is 11.7. The number of rotatable bonds is 7. The smallest absolute Gasteiger partial charge is 0.339 e. The number of esters is 1. The van der Waals surface area contributed by atoms with Crippen LogP contribution in [0.4, 0.5) is 0 Å². The molecule has 0 saturated heterocycles. The van der Waals surface area contributed by atoms with Gasteiger partial charge < -0.3 is 4.74 Å². The van der Waals surface area contributed by atoms with Crippen molar-refractivity contribution in [2.45, 2.75) is 78.6 Å². The quantitative estimate of drug-likeness (QED) is 0.389. The van der Waals surface area contributed by atoms with Crippen LogP contribution in [-0.4, -0.2) is 12.6 Å². The minimum atomic E-state index is -0.186. The van der Waals surface area contributed by atoms with Gasteiger partial charge in [0.25, 0.3) is 0 Å². The van der Waals surface area contributed by atoms with E-state index in [0.717, 1.165) is 68.9 Å². The van der Waals surface area contributed by atoms with Gasteiger partial charge in [-0.05, 0) is 62.1 Å². The number of carbonyl (C=O) groups is 1. The minimum Gasteiger partial charge on any atom is -0.462 e. The molecule has 0 N–H and O–H groups in total. The van der Waals surface area contributed by atoms with E-state index < -0.39 is 0 Å². The van der Waals surface area contributed by atoms with Crippen molar-refractivity contribution in [1.82, 2.24) is 0 Å².